The molecule has 3 rings (SSSR count). The van der Waals surface area contributed by atoms with E-state index in [1.165, 1.54) is 13.4 Å². The van der Waals surface area contributed by atoms with E-state index in [2.05, 4.69) is 42.1 Å². The Morgan fingerprint density at radius 1 is 1.07 bits per heavy atom. The quantitative estimate of drug-likeness (QED) is 0.445. The molecule has 0 atom stereocenters. The fourth-order valence-corrected chi connectivity index (χ4v) is 2.54. The number of benzene rings is 2. The van der Waals surface area contributed by atoms with Gasteiger partial charge in [0.15, 0.2) is 11.6 Å². The molecule has 0 radical (unpaired) electrons. The van der Waals surface area contributed by atoms with Crippen LogP contribution >= 0.6 is 15.9 Å². The molecule has 1 heterocycles. The monoisotopic (exact) mass is 428 g/mol. The molecule has 138 valence electrons. The molecular formula is C18H17BrN6O2. The van der Waals surface area contributed by atoms with E-state index in [1.54, 1.807) is 24.3 Å². The fraction of sp³-hybridized carbons (Fsp3) is 0.0556. The van der Waals surface area contributed by atoms with Crippen LogP contribution in [0.3, 0.4) is 0 Å². The van der Waals surface area contributed by atoms with Crippen molar-refractivity contribution >= 4 is 44.8 Å². The van der Waals surface area contributed by atoms with Gasteiger partial charge >= 0.3 is 0 Å². The van der Waals surface area contributed by atoms with E-state index in [-0.39, 0.29) is 17.4 Å². The number of ether oxygens (including phenoxy) is 1. The van der Waals surface area contributed by atoms with Gasteiger partial charge in [-0.3, -0.25) is 15.6 Å². The Labute approximate surface area is 164 Å². The van der Waals surface area contributed by atoms with E-state index in [0.717, 1.165) is 10.2 Å². The predicted molar refractivity (Wildman–Crippen MR) is 108 cm³/mol. The predicted octanol–water partition coefficient (Wildman–Crippen LogP) is 3.33. The summed E-state index contributed by atoms with van der Waals surface area (Å²) in [5.41, 5.74) is 12.8. The second-order valence-electron chi connectivity index (χ2n) is 5.40. The number of aromatic nitrogens is 2. The van der Waals surface area contributed by atoms with Crippen LogP contribution in [-0.2, 0) is 0 Å². The van der Waals surface area contributed by atoms with Crippen LogP contribution in [0.1, 0.15) is 10.4 Å². The van der Waals surface area contributed by atoms with Crippen LogP contribution in [0.25, 0.3) is 0 Å². The van der Waals surface area contributed by atoms with Gasteiger partial charge in [-0.25, -0.2) is 9.97 Å². The summed E-state index contributed by atoms with van der Waals surface area (Å²) in [5, 5.41) is 3.11. The second kappa shape index (κ2) is 8.37. The summed E-state index contributed by atoms with van der Waals surface area (Å²) in [5.74, 6) is 0.771. The number of para-hydroxylation sites is 1. The van der Waals surface area contributed by atoms with Gasteiger partial charge in [-0.05, 0) is 36.4 Å². The third-order valence-corrected chi connectivity index (χ3v) is 4.17. The molecule has 3 aromatic rings. The molecule has 0 saturated heterocycles. The number of carbonyl (C=O) groups excluding carboxylic acids is 1. The number of hydrazine groups is 1. The van der Waals surface area contributed by atoms with E-state index < -0.39 is 0 Å². The molecule has 5 N–H and O–H groups in total. The molecule has 27 heavy (non-hydrogen) atoms. The summed E-state index contributed by atoms with van der Waals surface area (Å²) in [6.07, 6.45) is 1.34. The largest absolute Gasteiger partial charge is 0.496 e. The number of carbonyl (C=O) groups is 1. The van der Waals surface area contributed by atoms with Crippen molar-refractivity contribution in [1.82, 2.24) is 15.4 Å². The van der Waals surface area contributed by atoms with Gasteiger partial charge < -0.3 is 15.8 Å². The number of nitrogens with one attached hydrogen (secondary N) is 3. The minimum absolute atomic E-state index is 0.265. The maximum absolute atomic E-state index is 12.4. The lowest BCUT2D eigenvalue weighted by Crippen LogP contribution is -2.30. The number of nitrogens with zero attached hydrogens (tertiary/aromatic N) is 2. The third kappa shape index (κ3) is 4.45. The van der Waals surface area contributed by atoms with Crippen molar-refractivity contribution in [3.05, 3.63) is 64.9 Å². The van der Waals surface area contributed by atoms with Gasteiger partial charge in [0.2, 0.25) is 0 Å². The van der Waals surface area contributed by atoms with Gasteiger partial charge in [-0.15, -0.1) is 0 Å². The van der Waals surface area contributed by atoms with Crippen LogP contribution in [0.4, 0.5) is 23.0 Å². The highest BCUT2D eigenvalue weighted by molar-refractivity contribution is 9.10. The number of nitrogens with two attached hydrogens (primary N) is 1. The van der Waals surface area contributed by atoms with Gasteiger partial charge in [0.05, 0.1) is 12.7 Å². The topological polar surface area (TPSA) is 114 Å². The van der Waals surface area contributed by atoms with Gasteiger partial charge in [-0.2, -0.15) is 0 Å². The number of anilines is 4. The summed E-state index contributed by atoms with van der Waals surface area (Å²) in [6, 6.07) is 14.4. The number of methoxy groups -OCH3 is 1. The smallest absolute Gasteiger partial charge is 0.273 e. The Morgan fingerprint density at radius 3 is 2.52 bits per heavy atom. The average Bonchev–Trinajstić information content (AvgIpc) is 2.70. The highest BCUT2D eigenvalue weighted by Crippen LogP contribution is 2.26. The lowest BCUT2D eigenvalue weighted by Gasteiger charge is -2.14. The normalized spacial score (nSPS) is 10.1. The Kier molecular flexibility index (Phi) is 5.72. The highest BCUT2D eigenvalue weighted by atomic mass is 79.9. The number of hydrogen-bond donors (Lipinski definition) is 4. The standard InChI is InChI=1S/C18H17BrN6O2/c1-27-14-5-3-2-4-13(14)18(26)25-24-17-15(20)16(21-10-22-17)23-12-8-6-11(19)7-9-12/h2-10H,20H2,1H3,(H,25,26)(H2,21,22,23,24). The van der Waals surface area contributed by atoms with Crippen molar-refractivity contribution in [1.29, 1.82) is 0 Å². The van der Waals surface area contributed by atoms with Crippen LogP contribution < -0.4 is 26.6 Å². The summed E-state index contributed by atoms with van der Waals surface area (Å²) in [4.78, 5) is 20.6. The zero-order valence-electron chi connectivity index (χ0n) is 14.4. The molecule has 8 nitrogen and oxygen atoms in total. The minimum Gasteiger partial charge on any atom is -0.496 e. The molecule has 0 saturated carbocycles. The van der Waals surface area contributed by atoms with Gasteiger partial charge in [0.1, 0.15) is 17.8 Å². The first-order valence-corrected chi connectivity index (χ1v) is 8.70. The highest BCUT2D eigenvalue weighted by Gasteiger charge is 2.13. The number of nitrogen functional groups attached to an aromatic ring is 1. The van der Waals surface area contributed by atoms with Crippen LogP contribution in [0.15, 0.2) is 59.3 Å². The minimum atomic E-state index is -0.382. The molecule has 0 bridgehead atoms. The number of hydrogen-bond acceptors (Lipinski definition) is 7. The Hall–Kier alpha value is -3.33. The SMILES string of the molecule is COc1ccccc1C(=O)NNc1ncnc(Nc2ccc(Br)cc2)c1N. The molecule has 0 aliphatic heterocycles. The van der Waals surface area contributed by atoms with E-state index in [4.69, 9.17) is 10.5 Å². The van der Waals surface area contributed by atoms with E-state index in [1.807, 2.05) is 24.3 Å². The van der Waals surface area contributed by atoms with Crippen molar-refractivity contribution < 1.29 is 9.53 Å². The first-order valence-electron chi connectivity index (χ1n) is 7.91. The van der Waals surface area contributed by atoms with Crippen molar-refractivity contribution in [3.63, 3.8) is 0 Å². The maximum atomic E-state index is 12.4. The van der Waals surface area contributed by atoms with Gasteiger partial charge in [-0.1, -0.05) is 28.1 Å². The third-order valence-electron chi connectivity index (χ3n) is 3.64. The number of amides is 1. The fourth-order valence-electron chi connectivity index (χ4n) is 2.28. The molecule has 0 aliphatic carbocycles. The Bertz CT molecular complexity index is 949. The Morgan fingerprint density at radius 2 is 1.78 bits per heavy atom. The van der Waals surface area contributed by atoms with Crippen molar-refractivity contribution in [2.45, 2.75) is 0 Å². The summed E-state index contributed by atoms with van der Waals surface area (Å²) >= 11 is 3.38. The molecule has 1 amide bonds. The van der Waals surface area contributed by atoms with Crippen molar-refractivity contribution in [3.8, 4) is 5.75 Å². The lowest BCUT2D eigenvalue weighted by atomic mass is 10.2. The second-order valence-corrected chi connectivity index (χ2v) is 6.31. The Balaban J connectivity index is 1.72. The van der Waals surface area contributed by atoms with Crippen LogP contribution in [-0.4, -0.2) is 23.0 Å². The van der Waals surface area contributed by atoms with Gasteiger partial charge in [0, 0.05) is 10.2 Å². The summed E-state index contributed by atoms with van der Waals surface area (Å²) in [6.45, 7) is 0. The molecular weight excluding hydrogens is 412 g/mol. The first-order chi connectivity index (χ1) is 13.1. The molecule has 2 aromatic carbocycles. The molecule has 0 spiro atoms. The van der Waals surface area contributed by atoms with Crippen LogP contribution in [0.2, 0.25) is 0 Å². The summed E-state index contributed by atoms with van der Waals surface area (Å²) < 4.78 is 6.15. The van der Waals surface area contributed by atoms with Crippen LogP contribution in [0, 0.1) is 0 Å². The maximum Gasteiger partial charge on any atom is 0.273 e. The number of halogens is 1. The van der Waals surface area contributed by atoms with Crippen molar-refractivity contribution in [2.75, 3.05) is 23.6 Å². The van der Waals surface area contributed by atoms with E-state index >= 15 is 0 Å². The molecule has 0 unspecified atom stereocenters. The molecule has 0 aliphatic rings. The summed E-state index contributed by atoms with van der Waals surface area (Å²) in [7, 11) is 1.50. The van der Waals surface area contributed by atoms with E-state index in [0.29, 0.717) is 17.1 Å². The first kappa shape index (κ1) is 18.5. The molecule has 0 fully saturated rings. The molecule has 1 aromatic heterocycles. The van der Waals surface area contributed by atoms with Gasteiger partial charge in [0.25, 0.3) is 5.91 Å². The lowest BCUT2D eigenvalue weighted by molar-refractivity contribution is 0.0959. The number of rotatable bonds is 6. The zero-order chi connectivity index (χ0) is 19.2. The average molecular weight is 429 g/mol. The molecule has 9 heteroatoms. The van der Waals surface area contributed by atoms with Crippen molar-refractivity contribution in [2.24, 2.45) is 0 Å². The zero-order valence-corrected chi connectivity index (χ0v) is 15.9. The van der Waals surface area contributed by atoms with E-state index in [9.17, 15) is 4.79 Å². The van der Waals surface area contributed by atoms with Crippen LogP contribution in [0.5, 0.6) is 5.75 Å².